The van der Waals surface area contributed by atoms with Crippen molar-refractivity contribution < 1.29 is 54.3 Å². The molecule has 52 heavy (non-hydrogen) atoms. The molecule has 0 spiro atoms. The third kappa shape index (κ3) is 5.92. The predicted octanol–water partition coefficient (Wildman–Crippen LogP) is -0.759. The van der Waals surface area contributed by atoms with E-state index in [1.807, 2.05) is 25.3 Å². The summed E-state index contributed by atoms with van der Waals surface area (Å²) in [5, 5.41) is 54.7. The molecule has 1 aliphatic carbocycles. The second-order valence-electron chi connectivity index (χ2n) is 15.0. The molecule has 1 aromatic heterocycles. The van der Waals surface area contributed by atoms with Crippen molar-refractivity contribution >= 4 is 29.1 Å². The van der Waals surface area contributed by atoms with Gasteiger partial charge in [0.1, 0.15) is 79.6 Å². The maximum Gasteiger partial charge on any atom is 0.222 e. The van der Waals surface area contributed by atoms with Crippen LogP contribution in [0.25, 0.3) is 11.0 Å². The van der Waals surface area contributed by atoms with E-state index in [-0.39, 0.29) is 17.9 Å². The molecule has 0 radical (unpaired) electrons. The van der Waals surface area contributed by atoms with E-state index in [0.29, 0.717) is 42.0 Å². The molecule has 0 amide bonds. The summed E-state index contributed by atoms with van der Waals surface area (Å²) >= 11 is 0. The van der Waals surface area contributed by atoms with Gasteiger partial charge in [-0.05, 0) is 38.8 Å². The molecule has 8 rings (SSSR count). The van der Waals surface area contributed by atoms with Crippen molar-refractivity contribution in [1.29, 1.82) is 0 Å². The molecule has 1 fully saturated rings. The number of benzene rings is 1. The van der Waals surface area contributed by atoms with Gasteiger partial charge in [-0.3, -0.25) is 24.6 Å². The number of hydrogen-bond donors (Lipinski definition) is 7. The molecule has 14 nitrogen and oxygen atoms in total. The molecule has 1 saturated carbocycles. The van der Waals surface area contributed by atoms with E-state index in [0.717, 1.165) is 69.4 Å². The predicted molar refractivity (Wildman–Crippen MR) is 188 cm³/mol. The molecule has 7 N–H and O–H groups in total. The molecular formula is C38H46N4O10+2. The highest BCUT2D eigenvalue weighted by Gasteiger charge is 2.53. The SMILES string of the molecule is Cc1cc(=O)c2cc3c(c([NH+]4C=C5N=CC=C5C4)c2o1)OC(C)(C1CCCC1)C(OOCC(O)C(O)(C[NH+]1CC=C2N=CC=C21)C(O)C(O)CO)C3. The van der Waals surface area contributed by atoms with Crippen LogP contribution in [-0.2, 0) is 16.2 Å². The van der Waals surface area contributed by atoms with E-state index in [9.17, 15) is 30.3 Å². The average Bonchev–Trinajstić information content (AvgIpc) is 3.96. The Bertz CT molecular complexity index is 2010. The van der Waals surface area contributed by atoms with Gasteiger partial charge in [-0.15, -0.1) is 0 Å². The molecule has 0 bridgehead atoms. The van der Waals surface area contributed by atoms with Gasteiger partial charge in [0.05, 0.1) is 12.0 Å². The number of aliphatic imine (C=N–C) groups is 2. The van der Waals surface area contributed by atoms with Crippen LogP contribution < -0.4 is 20.0 Å². The summed E-state index contributed by atoms with van der Waals surface area (Å²) in [5.41, 5.74) is 2.09. The van der Waals surface area contributed by atoms with Crippen molar-refractivity contribution in [1.82, 2.24) is 0 Å². The number of ether oxygens (including phenoxy) is 1. The summed E-state index contributed by atoms with van der Waals surface area (Å²) in [4.78, 5) is 35.7. The fourth-order valence-electron chi connectivity index (χ4n) is 8.74. The number of rotatable bonds is 12. The number of fused-ring (bicyclic) bond motifs is 4. The van der Waals surface area contributed by atoms with Crippen molar-refractivity contribution in [2.24, 2.45) is 15.9 Å². The Morgan fingerprint density at radius 2 is 1.88 bits per heavy atom. The normalized spacial score (nSPS) is 29.2. The molecule has 0 saturated heterocycles. The summed E-state index contributed by atoms with van der Waals surface area (Å²) in [6.07, 6.45) is 9.26. The fourth-order valence-corrected chi connectivity index (χ4v) is 8.74. The van der Waals surface area contributed by atoms with Crippen LogP contribution in [0, 0.1) is 12.8 Å². The summed E-state index contributed by atoms with van der Waals surface area (Å²) in [6.45, 7) is 3.23. The first kappa shape index (κ1) is 35.2. The monoisotopic (exact) mass is 718 g/mol. The van der Waals surface area contributed by atoms with Gasteiger partial charge in [-0.2, -0.15) is 0 Å². The molecule has 14 heteroatoms. The van der Waals surface area contributed by atoms with Crippen molar-refractivity contribution in [3.05, 3.63) is 80.8 Å². The molecule has 276 valence electrons. The van der Waals surface area contributed by atoms with E-state index < -0.39 is 48.8 Å². The number of nitrogens with zero attached hydrogens (tertiary/aromatic N) is 2. The van der Waals surface area contributed by atoms with Crippen LogP contribution >= 0.6 is 0 Å². The highest BCUT2D eigenvalue weighted by atomic mass is 17.2. The van der Waals surface area contributed by atoms with Gasteiger partial charge < -0.3 is 34.7 Å². The van der Waals surface area contributed by atoms with E-state index in [1.165, 1.54) is 6.07 Å². The molecule has 8 atom stereocenters. The van der Waals surface area contributed by atoms with Gasteiger partial charge >= 0.3 is 0 Å². The lowest BCUT2D eigenvalue weighted by molar-refractivity contribution is -0.856. The lowest BCUT2D eigenvalue weighted by atomic mass is 9.78. The highest BCUT2D eigenvalue weighted by molar-refractivity contribution is 5.90. The average molecular weight is 719 g/mol. The van der Waals surface area contributed by atoms with E-state index in [2.05, 4.69) is 9.98 Å². The Hall–Kier alpha value is -3.83. The van der Waals surface area contributed by atoms with Crippen molar-refractivity contribution in [3.63, 3.8) is 0 Å². The van der Waals surface area contributed by atoms with Gasteiger partial charge in [0.25, 0.3) is 0 Å². The quantitative estimate of drug-likeness (QED) is 0.108. The smallest absolute Gasteiger partial charge is 0.222 e. The number of aliphatic hydroxyl groups is 5. The van der Waals surface area contributed by atoms with Gasteiger partial charge in [-0.1, -0.05) is 12.8 Å². The van der Waals surface area contributed by atoms with Crippen LogP contribution in [0.4, 0.5) is 5.69 Å². The minimum atomic E-state index is -2.30. The van der Waals surface area contributed by atoms with Crippen molar-refractivity contribution in [3.8, 4) is 5.75 Å². The van der Waals surface area contributed by atoms with Crippen LogP contribution in [0.3, 0.4) is 0 Å². The summed E-state index contributed by atoms with van der Waals surface area (Å²) in [5.74, 6) is 1.23. The highest BCUT2D eigenvalue weighted by Crippen LogP contribution is 2.48. The first-order valence-electron chi connectivity index (χ1n) is 18.1. The van der Waals surface area contributed by atoms with Crippen LogP contribution in [0.2, 0.25) is 0 Å². The fraction of sp³-hybridized carbons (Fsp3) is 0.500. The zero-order chi connectivity index (χ0) is 36.4. The second kappa shape index (κ2) is 13.5. The minimum Gasteiger partial charge on any atom is -0.478 e. The number of nitrogens with one attached hydrogen (secondary N) is 2. The van der Waals surface area contributed by atoms with Gasteiger partial charge in [0.2, 0.25) is 11.3 Å². The van der Waals surface area contributed by atoms with Crippen LogP contribution in [-0.4, -0.2) is 106 Å². The summed E-state index contributed by atoms with van der Waals surface area (Å²) in [6, 6.07) is 3.27. The zero-order valence-electron chi connectivity index (χ0n) is 29.2. The minimum absolute atomic E-state index is 0.103. The maximum atomic E-state index is 13.4. The Balaban J connectivity index is 1.09. The van der Waals surface area contributed by atoms with E-state index >= 15 is 0 Å². The first-order chi connectivity index (χ1) is 25.0. The second-order valence-corrected chi connectivity index (χ2v) is 15.0. The lowest BCUT2D eigenvalue weighted by Crippen LogP contribution is -3.11. The van der Waals surface area contributed by atoms with Gasteiger partial charge in [0.15, 0.2) is 22.5 Å². The number of aliphatic hydroxyl groups excluding tert-OH is 4. The molecule has 8 unspecified atom stereocenters. The van der Waals surface area contributed by atoms with Crippen LogP contribution in [0.1, 0.15) is 43.9 Å². The summed E-state index contributed by atoms with van der Waals surface area (Å²) in [7, 11) is 0. The topological polar surface area (TPSA) is 193 Å². The number of hydrogen-bond acceptors (Lipinski definition) is 12. The summed E-state index contributed by atoms with van der Waals surface area (Å²) < 4.78 is 13.4. The Morgan fingerprint density at radius 3 is 2.65 bits per heavy atom. The van der Waals surface area contributed by atoms with Crippen LogP contribution in [0.5, 0.6) is 5.75 Å². The standard InChI is InChI=1S/C38H44N4O10/c1-21-13-29(44)25-14-23-15-32(52-49-19-31(46)38(48,36(47)30(45)18-43)20-41-12-9-26-28(41)8-11-39-26)37(2,24-5-3-4-6-24)51-34(23)33(35(25)50-21)42-16-22-7-10-40-27(22)17-42/h7-11,13-14,17,24,30-32,36,43,45-48H,3-6,12,15-16,18-20H2,1-2H3/p+2. The van der Waals surface area contributed by atoms with Crippen molar-refractivity contribution in [2.75, 3.05) is 32.8 Å². The molecular weight excluding hydrogens is 672 g/mol. The van der Waals surface area contributed by atoms with E-state index in [4.69, 9.17) is 18.9 Å². The molecule has 6 aliphatic rings. The van der Waals surface area contributed by atoms with Gasteiger partial charge in [0, 0.05) is 54.1 Å². The third-order valence-corrected chi connectivity index (χ3v) is 11.7. The number of quaternary nitrogens is 2. The Morgan fingerprint density at radius 1 is 1.12 bits per heavy atom. The van der Waals surface area contributed by atoms with Crippen molar-refractivity contribution in [2.45, 2.75) is 81.6 Å². The first-order valence-corrected chi connectivity index (χ1v) is 18.1. The maximum absolute atomic E-state index is 13.4. The number of allylic oxidation sites excluding steroid dienone is 2. The van der Waals surface area contributed by atoms with Gasteiger partial charge in [-0.25, -0.2) is 9.78 Å². The number of aryl methyl sites for hydroxylation is 1. The Labute approximate surface area is 299 Å². The lowest BCUT2D eigenvalue weighted by Gasteiger charge is -2.45. The third-order valence-electron chi connectivity index (χ3n) is 11.7. The Kier molecular flexibility index (Phi) is 9.17. The molecule has 1 aromatic carbocycles. The molecule has 6 heterocycles. The van der Waals surface area contributed by atoms with E-state index in [1.54, 1.807) is 31.5 Å². The molecule has 2 aromatic rings. The molecule has 5 aliphatic heterocycles. The largest absolute Gasteiger partial charge is 0.478 e. The van der Waals surface area contributed by atoms with Crippen LogP contribution in [0.15, 0.2) is 78.4 Å². The zero-order valence-corrected chi connectivity index (χ0v) is 29.2.